The Kier molecular flexibility index (Phi) is 5.80. The summed E-state index contributed by atoms with van der Waals surface area (Å²) >= 11 is 0. The summed E-state index contributed by atoms with van der Waals surface area (Å²) in [6.45, 7) is 12.2. The standard InChI is InChI=1S/C16H27N3O/c1-13(2)11-17-12-15-5-6-16(18-14(15)3)19-7-4-9-20-10-8-19/h5-6,13,17H,4,7-12H2,1-3H3. The second-order valence-corrected chi connectivity index (χ2v) is 5.89. The van der Waals surface area contributed by atoms with Crippen LogP contribution in [-0.4, -0.2) is 37.8 Å². The number of aryl methyl sites for hydroxylation is 1. The molecule has 0 aromatic carbocycles. The summed E-state index contributed by atoms with van der Waals surface area (Å²) in [5, 5.41) is 3.48. The molecule has 0 radical (unpaired) electrons. The number of ether oxygens (including phenoxy) is 1. The Bertz CT molecular complexity index is 412. The molecule has 0 saturated carbocycles. The average molecular weight is 277 g/mol. The Balaban J connectivity index is 1.97. The van der Waals surface area contributed by atoms with Gasteiger partial charge in [-0.3, -0.25) is 0 Å². The highest BCUT2D eigenvalue weighted by atomic mass is 16.5. The van der Waals surface area contributed by atoms with Crippen molar-refractivity contribution < 1.29 is 4.74 Å². The van der Waals surface area contributed by atoms with Gasteiger partial charge in [0.05, 0.1) is 6.61 Å². The van der Waals surface area contributed by atoms with Gasteiger partial charge in [-0.2, -0.15) is 0 Å². The Morgan fingerprint density at radius 1 is 1.30 bits per heavy atom. The fourth-order valence-electron chi connectivity index (χ4n) is 2.41. The molecule has 0 atom stereocenters. The first-order valence-electron chi connectivity index (χ1n) is 7.66. The van der Waals surface area contributed by atoms with Crippen molar-refractivity contribution in [3.05, 3.63) is 23.4 Å². The van der Waals surface area contributed by atoms with E-state index in [0.29, 0.717) is 5.92 Å². The van der Waals surface area contributed by atoms with Crippen molar-refractivity contribution in [1.29, 1.82) is 0 Å². The topological polar surface area (TPSA) is 37.4 Å². The van der Waals surface area contributed by atoms with Crippen molar-refractivity contribution in [3.8, 4) is 0 Å². The summed E-state index contributed by atoms with van der Waals surface area (Å²) in [5.74, 6) is 1.76. The minimum atomic E-state index is 0.680. The van der Waals surface area contributed by atoms with Gasteiger partial charge in [0.25, 0.3) is 0 Å². The Labute approximate surface area is 122 Å². The van der Waals surface area contributed by atoms with Gasteiger partial charge < -0.3 is 15.0 Å². The highest BCUT2D eigenvalue weighted by Gasteiger charge is 2.12. The van der Waals surface area contributed by atoms with Gasteiger partial charge >= 0.3 is 0 Å². The number of nitrogens with zero attached hydrogens (tertiary/aromatic N) is 2. The van der Waals surface area contributed by atoms with Crippen molar-refractivity contribution in [3.63, 3.8) is 0 Å². The van der Waals surface area contributed by atoms with Crippen LogP contribution in [0.3, 0.4) is 0 Å². The van der Waals surface area contributed by atoms with E-state index < -0.39 is 0 Å². The first-order chi connectivity index (χ1) is 9.66. The molecular weight excluding hydrogens is 250 g/mol. The summed E-state index contributed by atoms with van der Waals surface area (Å²) in [4.78, 5) is 7.09. The number of nitrogens with one attached hydrogen (secondary N) is 1. The number of hydrogen-bond donors (Lipinski definition) is 1. The smallest absolute Gasteiger partial charge is 0.128 e. The largest absolute Gasteiger partial charge is 0.380 e. The summed E-state index contributed by atoms with van der Waals surface area (Å²) in [6, 6.07) is 4.35. The molecule has 1 fully saturated rings. The van der Waals surface area contributed by atoms with Crippen molar-refractivity contribution in [2.45, 2.75) is 33.7 Å². The fraction of sp³-hybridized carbons (Fsp3) is 0.688. The summed E-state index contributed by atoms with van der Waals surface area (Å²) in [7, 11) is 0. The molecular formula is C16H27N3O. The van der Waals surface area contributed by atoms with E-state index in [-0.39, 0.29) is 0 Å². The predicted molar refractivity (Wildman–Crippen MR) is 83.2 cm³/mol. The number of rotatable bonds is 5. The van der Waals surface area contributed by atoms with E-state index in [1.807, 2.05) is 0 Å². The minimum Gasteiger partial charge on any atom is -0.380 e. The van der Waals surface area contributed by atoms with E-state index in [9.17, 15) is 0 Å². The monoisotopic (exact) mass is 277 g/mol. The third-order valence-electron chi connectivity index (χ3n) is 3.59. The maximum absolute atomic E-state index is 5.50. The maximum atomic E-state index is 5.50. The van der Waals surface area contributed by atoms with Crippen molar-refractivity contribution in [2.75, 3.05) is 37.7 Å². The SMILES string of the molecule is Cc1nc(N2CCCOCC2)ccc1CNCC(C)C. The van der Waals surface area contributed by atoms with Crippen molar-refractivity contribution in [2.24, 2.45) is 5.92 Å². The quantitative estimate of drug-likeness (QED) is 0.896. The van der Waals surface area contributed by atoms with Crippen LogP contribution in [0.25, 0.3) is 0 Å². The Hall–Kier alpha value is -1.13. The zero-order valence-electron chi connectivity index (χ0n) is 13.0. The average Bonchev–Trinajstić information content (AvgIpc) is 2.69. The molecule has 1 N–H and O–H groups in total. The molecule has 1 aliphatic rings. The molecule has 1 aromatic heterocycles. The van der Waals surface area contributed by atoms with Crippen LogP contribution in [-0.2, 0) is 11.3 Å². The molecule has 4 heteroatoms. The molecule has 2 rings (SSSR count). The fourth-order valence-corrected chi connectivity index (χ4v) is 2.41. The molecule has 4 nitrogen and oxygen atoms in total. The van der Waals surface area contributed by atoms with Crippen LogP contribution in [0.15, 0.2) is 12.1 Å². The summed E-state index contributed by atoms with van der Waals surface area (Å²) in [5.41, 5.74) is 2.42. The van der Waals surface area contributed by atoms with Crippen LogP contribution in [0.1, 0.15) is 31.5 Å². The zero-order chi connectivity index (χ0) is 14.4. The molecule has 0 amide bonds. The van der Waals surface area contributed by atoms with Gasteiger partial charge in [0.15, 0.2) is 0 Å². The molecule has 1 saturated heterocycles. The van der Waals surface area contributed by atoms with Gasteiger partial charge in [-0.1, -0.05) is 19.9 Å². The van der Waals surface area contributed by atoms with Gasteiger partial charge in [0, 0.05) is 31.9 Å². The van der Waals surface area contributed by atoms with E-state index in [4.69, 9.17) is 9.72 Å². The maximum Gasteiger partial charge on any atom is 0.128 e. The second-order valence-electron chi connectivity index (χ2n) is 5.89. The van der Waals surface area contributed by atoms with Crippen LogP contribution < -0.4 is 10.2 Å². The number of hydrogen-bond acceptors (Lipinski definition) is 4. The molecule has 2 heterocycles. The second kappa shape index (κ2) is 7.60. The normalized spacial score (nSPS) is 16.5. The molecule has 1 aromatic rings. The highest BCUT2D eigenvalue weighted by Crippen LogP contribution is 2.16. The predicted octanol–water partition coefficient (Wildman–Crippen LogP) is 2.36. The van der Waals surface area contributed by atoms with E-state index in [1.54, 1.807) is 0 Å². The minimum absolute atomic E-state index is 0.680. The van der Waals surface area contributed by atoms with Crippen LogP contribution in [0.4, 0.5) is 5.82 Å². The molecule has 112 valence electrons. The Morgan fingerprint density at radius 3 is 2.90 bits per heavy atom. The molecule has 0 aliphatic carbocycles. The van der Waals surface area contributed by atoms with Gasteiger partial charge in [0.2, 0.25) is 0 Å². The molecule has 1 aliphatic heterocycles. The van der Waals surface area contributed by atoms with Crippen molar-refractivity contribution in [1.82, 2.24) is 10.3 Å². The lowest BCUT2D eigenvalue weighted by molar-refractivity contribution is 0.152. The number of aromatic nitrogens is 1. The lowest BCUT2D eigenvalue weighted by atomic mass is 10.1. The third kappa shape index (κ3) is 4.46. The molecule has 0 bridgehead atoms. The van der Waals surface area contributed by atoms with Gasteiger partial charge in [-0.05, 0) is 37.4 Å². The first kappa shape index (κ1) is 15.3. The van der Waals surface area contributed by atoms with E-state index >= 15 is 0 Å². The van der Waals surface area contributed by atoms with E-state index in [0.717, 1.165) is 57.3 Å². The van der Waals surface area contributed by atoms with Crippen LogP contribution >= 0.6 is 0 Å². The van der Waals surface area contributed by atoms with Gasteiger partial charge in [0.1, 0.15) is 5.82 Å². The molecule has 0 unspecified atom stereocenters. The molecule has 20 heavy (non-hydrogen) atoms. The van der Waals surface area contributed by atoms with E-state index in [2.05, 4.69) is 43.1 Å². The third-order valence-corrected chi connectivity index (χ3v) is 3.59. The zero-order valence-corrected chi connectivity index (χ0v) is 13.0. The summed E-state index contributed by atoms with van der Waals surface area (Å²) < 4.78 is 5.50. The highest BCUT2D eigenvalue weighted by molar-refractivity contribution is 5.41. The molecule has 0 spiro atoms. The Morgan fingerprint density at radius 2 is 2.15 bits per heavy atom. The number of anilines is 1. The van der Waals surface area contributed by atoms with Gasteiger partial charge in [-0.25, -0.2) is 4.98 Å². The lowest BCUT2D eigenvalue weighted by Crippen LogP contribution is -2.27. The van der Waals surface area contributed by atoms with Crippen LogP contribution in [0.5, 0.6) is 0 Å². The van der Waals surface area contributed by atoms with Gasteiger partial charge in [-0.15, -0.1) is 0 Å². The summed E-state index contributed by atoms with van der Waals surface area (Å²) in [6.07, 6.45) is 1.08. The van der Waals surface area contributed by atoms with E-state index in [1.165, 1.54) is 5.56 Å². The number of pyridine rings is 1. The first-order valence-corrected chi connectivity index (χ1v) is 7.66. The van der Waals surface area contributed by atoms with Crippen molar-refractivity contribution >= 4 is 5.82 Å². The van der Waals surface area contributed by atoms with Crippen LogP contribution in [0.2, 0.25) is 0 Å². The lowest BCUT2D eigenvalue weighted by Gasteiger charge is -2.21. The van der Waals surface area contributed by atoms with Crippen LogP contribution in [0, 0.1) is 12.8 Å².